The van der Waals surface area contributed by atoms with E-state index in [1.165, 1.54) is 6.07 Å². The lowest BCUT2D eigenvalue weighted by atomic mass is 9.95. The molecule has 1 saturated heterocycles. The number of hydrogen-bond acceptors (Lipinski definition) is 5. The quantitative estimate of drug-likeness (QED) is 0.405. The Morgan fingerprint density at radius 3 is 2.68 bits per heavy atom. The van der Waals surface area contributed by atoms with E-state index >= 15 is 0 Å². The highest BCUT2D eigenvalue weighted by Gasteiger charge is 2.27. The molecule has 0 aliphatic carbocycles. The lowest BCUT2D eigenvalue weighted by molar-refractivity contribution is 0.0908. The summed E-state index contributed by atoms with van der Waals surface area (Å²) >= 11 is 0. The SMILES string of the molecule is CC(C)(NC(=O)c1cc2[nH]c3ccccc3c(=O)c2cc1F)c1ccc(N2CCC(O)C2)nc1. The van der Waals surface area contributed by atoms with Crippen molar-refractivity contribution in [1.82, 2.24) is 15.3 Å². The molecule has 5 rings (SSSR count). The molecule has 1 amide bonds. The van der Waals surface area contributed by atoms with Gasteiger partial charge in [0.15, 0.2) is 5.43 Å². The van der Waals surface area contributed by atoms with Crippen molar-refractivity contribution < 1.29 is 14.3 Å². The minimum Gasteiger partial charge on any atom is -0.391 e. The maximum Gasteiger partial charge on any atom is 0.255 e. The summed E-state index contributed by atoms with van der Waals surface area (Å²) in [5, 5.41) is 13.3. The summed E-state index contributed by atoms with van der Waals surface area (Å²) in [6.07, 6.45) is 2.05. The van der Waals surface area contributed by atoms with Crippen LogP contribution < -0.4 is 15.6 Å². The maximum atomic E-state index is 14.9. The molecule has 1 aliphatic heterocycles. The van der Waals surface area contributed by atoms with Crippen LogP contribution in [0.2, 0.25) is 0 Å². The van der Waals surface area contributed by atoms with Crippen LogP contribution in [0.3, 0.4) is 0 Å². The first kappa shape index (κ1) is 22.0. The van der Waals surface area contributed by atoms with Gasteiger partial charge in [-0.3, -0.25) is 9.59 Å². The van der Waals surface area contributed by atoms with Gasteiger partial charge in [0.05, 0.1) is 22.7 Å². The summed E-state index contributed by atoms with van der Waals surface area (Å²) in [5.74, 6) is -0.591. The van der Waals surface area contributed by atoms with Crippen LogP contribution in [-0.2, 0) is 5.54 Å². The number of pyridine rings is 2. The van der Waals surface area contributed by atoms with Gasteiger partial charge in [0.2, 0.25) is 0 Å². The number of fused-ring (bicyclic) bond motifs is 2. The molecule has 3 heterocycles. The minimum atomic E-state index is -0.828. The Morgan fingerprint density at radius 1 is 1.18 bits per heavy atom. The van der Waals surface area contributed by atoms with Crippen LogP contribution in [0.15, 0.2) is 59.5 Å². The Morgan fingerprint density at radius 2 is 1.97 bits per heavy atom. The zero-order chi connectivity index (χ0) is 24.0. The Balaban J connectivity index is 1.42. The Kier molecular flexibility index (Phi) is 5.32. The number of anilines is 1. The number of aliphatic hydroxyl groups excluding tert-OH is 1. The van der Waals surface area contributed by atoms with E-state index in [1.54, 1.807) is 30.5 Å². The van der Waals surface area contributed by atoms with Crippen LogP contribution in [0.5, 0.6) is 0 Å². The number of β-amino-alcohol motifs (C(OH)–C–C–N with tert-alkyl or cyclic N) is 1. The largest absolute Gasteiger partial charge is 0.391 e. The molecule has 1 atom stereocenters. The number of aromatic nitrogens is 2. The number of carbonyl (C=O) groups is 1. The smallest absolute Gasteiger partial charge is 0.255 e. The predicted molar refractivity (Wildman–Crippen MR) is 130 cm³/mol. The van der Waals surface area contributed by atoms with Crippen molar-refractivity contribution in [2.45, 2.75) is 31.9 Å². The van der Waals surface area contributed by atoms with Gasteiger partial charge in [0.1, 0.15) is 11.6 Å². The van der Waals surface area contributed by atoms with Crippen LogP contribution in [0.1, 0.15) is 36.2 Å². The van der Waals surface area contributed by atoms with E-state index in [4.69, 9.17) is 0 Å². The van der Waals surface area contributed by atoms with Crippen molar-refractivity contribution in [3.05, 3.63) is 81.9 Å². The van der Waals surface area contributed by atoms with Crippen molar-refractivity contribution >= 4 is 33.5 Å². The molecule has 0 bridgehead atoms. The second-order valence-corrected chi connectivity index (χ2v) is 9.25. The van der Waals surface area contributed by atoms with E-state index < -0.39 is 17.3 Å². The topological polar surface area (TPSA) is 98.3 Å². The van der Waals surface area contributed by atoms with E-state index in [0.29, 0.717) is 29.4 Å². The number of benzene rings is 2. The number of hydrogen-bond donors (Lipinski definition) is 3. The number of nitrogens with zero attached hydrogens (tertiary/aromatic N) is 2. The summed E-state index contributed by atoms with van der Waals surface area (Å²) in [6, 6.07) is 13.2. The number of para-hydroxylation sites is 1. The number of carbonyl (C=O) groups excluding carboxylic acids is 1. The molecule has 0 saturated carbocycles. The van der Waals surface area contributed by atoms with Crippen LogP contribution >= 0.6 is 0 Å². The third kappa shape index (κ3) is 3.90. The van der Waals surface area contributed by atoms with Gasteiger partial charge in [-0.1, -0.05) is 18.2 Å². The highest BCUT2D eigenvalue weighted by molar-refractivity contribution is 6.00. The highest BCUT2D eigenvalue weighted by atomic mass is 19.1. The van der Waals surface area contributed by atoms with Crippen LogP contribution in [0.25, 0.3) is 21.8 Å². The van der Waals surface area contributed by atoms with E-state index in [-0.39, 0.29) is 22.5 Å². The number of H-pyrrole nitrogens is 1. The Labute approximate surface area is 195 Å². The summed E-state index contributed by atoms with van der Waals surface area (Å²) < 4.78 is 14.9. The summed E-state index contributed by atoms with van der Waals surface area (Å²) in [7, 11) is 0. The second kappa shape index (κ2) is 8.22. The van der Waals surface area contributed by atoms with Crippen molar-refractivity contribution in [3.8, 4) is 0 Å². The van der Waals surface area contributed by atoms with Crippen molar-refractivity contribution in [1.29, 1.82) is 0 Å². The zero-order valence-electron chi connectivity index (χ0n) is 18.9. The van der Waals surface area contributed by atoms with Gasteiger partial charge in [0, 0.05) is 35.6 Å². The number of aliphatic hydroxyl groups is 1. The molecule has 1 unspecified atom stereocenters. The number of amides is 1. The van der Waals surface area contributed by atoms with E-state index in [2.05, 4.69) is 15.3 Å². The average molecular weight is 461 g/mol. The molecule has 1 fully saturated rings. The molecule has 1 aliphatic rings. The summed E-state index contributed by atoms with van der Waals surface area (Å²) in [4.78, 5) is 35.4. The minimum absolute atomic E-state index is 0.151. The molecular weight excluding hydrogens is 435 g/mol. The van der Waals surface area contributed by atoms with Crippen LogP contribution in [0.4, 0.5) is 10.2 Å². The first-order valence-electron chi connectivity index (χ1n) is 11.2. The van der Waals surface area contributed by atoms with Gasteiger partial charge in [-0.2, -0.15) is 0 Å². The molecule has 34 heavy (non-hydrogen) atoms. The number of nitrogens with one attached hydrogen (secondary N) is 2. The van der Waals surface area contributed by atoms with E-state index in [0.717, 1.165) is 24.0 Å². The summed E-state index contributed by atoms with van der Waals surface area (Å²) in [5.41, 5.74) is 0.506. The fourth-order valence-corrected chi connectivity index (χ4v) is 4.43. The second-order valence-electron chi connectivity index (χ2n) is 9.25. The van der Waals surface area contributed by atoms with Gasteiger partial charge in [-0.15, -0.1) is 0 Å². The Hall–Kier alpha value is -3.78. The van der Waals surface area contributed by atoms with E-state index in [1.807, 2.05) is 30.9 Å². The van der Waals surface area contributed by atoms with Gasteiger partial charge in [-0.05, 0) is 56.2 Å². The molecule has 0 spiro atoms. The predicted octanol–water partition coefficient (Wildman–Crippen LogP) is 3.45. The van der Waals surface area contributed by atoms with Gasteiger partial charge in [-0.25, -0.2) is 9.37 Å². The molecule has 0 radical (unpaired) electrons. The molecule has 174 valence electrons. The average Bonchev–Trinajstić information content (AvgIpc) is 3.25. The lowest BCUT2D eigenvalue weighted by Gasteiger charge is -2.27. The van der Waals surface area contributed by atoms with Gasteiger partial charge in [0.25, 0.3) is 5.91 Å². The van der Waals surface area contributed by atoms with Crippen LogP contribution in [-0.4, -0.2) is 40.2 Å². The van der Waals surface area contributed by atoms with Crippen LogP contribution in [0, 0.1) is 5.82 Å². The third-order valence-corrected chi connectivity index (χ3v) is 6.42. The van der Waals surface area contributed by atoms with Crippen molar-refractivity contribution in [2.75, 3.05) is 18.0 Å². The molecule has 8 heteroatoms. The maximum absolute atomic E-state index is 14.9. The summed E-state index contributed by atoms with van der Waals surface area (Å²) in [6.45, 7) is 4.92. The molecule has 4 aromatic rings. The third-order valence-electron chi connectivity index (χ3n) is 6.42. The lowest BCUT2D eigenvalue weighted by Crippen LogP contribution is -2.41. The molecule has 2 aromatic carbocycles. The number of aromatic amines is 1. The molecule has 3 N–H and O–H groups in total. The van der Waals surface area contributed by atoms with Gasteiger partial charge >= 0.3 is 0 Å². The van der Waals surface area contributed by atoms with Crippen molar-refractivity contribution in [3.63, 3.8) is 0 Å². The monoisotopic (exact) mass is 460 g/mol. The van der Waals surface area contributed by atoms with Crippen molar-refractivity contribution in [2.24, 2.45) is 0 Å². The molecule has 7 nitrogen and oxygen atoms in total. The first-order valence-corrected chi connectivity index (χ1v) is 11.2. The number of rotatable bonds is 4. The zero-order valence-corrected chi connectivity index (χ0v) is 18.9. The molecular formula is C26H25FN4O3. The van der Waals surface area contributed by atoms with E-state index in [9.17, 15) is 19.1 Å². The highest BCUT2D eigenvalue weighted by Crippen LogP contribution is 2.25. The Bertz CT molecular complexity index is 1460. The fourth-order valence-electron chi connectivity index (χ4n) is 4.43. The first-order chi connectivity index (χ1) is 16.2. The normalized spacial score (nSPS) is 16.4. The number of halogens is 1. The standard InChI is InChI=1S/C26H25FN4O3/c1-26(2,15-7-8-23(28-13-15)31-10-9-16(32)14-31)30-25(34)18-12-22-19(11-20(18)27)24(33)17-5-3-4-6-21(17)29-22/h3-8,11-13,16,32H,9-10,14H2,1-2H3,(H,29,33)(H,30,34). The molecule has 2 aromatic heterocycles. The van der Waals surface area contributed by atoms with Gasteiger partial charge < -0.3 is 20.3 Å². The fraction of sp³-hybridized carbons (Fsp3) is 0.269.